The monoisotopic (exact) mass is 455 g/mol. The molecular weight excluding hydrogens is 430 g/mol. The van der Waals surface area contributed by atoms with Crippen LogP contribution in [0.15, 0.2) is 72.4 Å². The minimum absolute atomic E-state index is 0.170. The van der Waals surface area contributed by atoms with Crippen LogP contribution in [0.4, 0.5) is 17.1 Å². The van der Waals surface area contributed by atoms with Gasteiger partial charge in [0.1, 0.15) is 11.4 Å². The van der Waals surface area contributed by atoms with Crippen molar-refractivity contribution in [3.63, 3.8) is 0 Å². The number of hydrogen-bond acceptors (Lipinski definition) is 5. The Bertz CT molecular complexity index is 1310. The van der Waals surface area contributed by atoms with Crippen LogP contribution in [-0.2, 0) is 14.4 Å². The van der Waals surface area contributed by atoms with E-state index in [1.807, 2.05) is 56.3 Å². The van der Waals surface area contributed by atoms with Gasteiger partial charge >= 0.3 is 0 Å². The summed E-state index contributed by atoms with van der Waals surface area (Å²) >= 11 is 0. The maximum Gasteiger partial charge on any atom is 0.282 e. The second-order valence-corrected chi connectivity index (χ2v) is 8.12. The molecule has 4 rings (SSSR count). The molecule has 2 N–H and O–H groups in total. The van der Waals surface area contributed by atoms with Crippen LogP contribution in [0.25, 0.3) is 5.57 Å². The Morgan fingerprint density at radius 2 is 1.50 bits per heavy atom. The number of carbonyl (C=O) groups excluding carboxylic acids is 3. The first-order valence-electron chi connectivity index (χ1n) is 10.8. The van der Waals surface area contributed by atoms with Gasteiger partial charge in [-0.1, -0.05) is 35.9 Å². The third kappa shape index (κ3) is 4.41. The minimum atomic E-state index is -0.476. The van der Waals surface area contributed by atoms with Crippen molar-refractivity contribution < 1.29 is 19.1 Å². The van der Waals surface area contributed by atoms with Crippen LogP contribution >= 0.6 is 0 Å². The smallest absolute Gasteiger partial charge is 0.282 e. The fraction of sp³-hybridized carbons (Fsp3) is 0.148. The van der Waals surface area contributed by atoms with Crippen molar-refractivity contribution in [1.82, 2.24) is 0 Å². The predicted octanol–water partition coefficient (Wildman–Crippen LogP) is 4.67. The molecule has 0 spiro atoms. The van der Waals surface area contributed by atoms with E-state index in [2.05, 4.69) is 10.6 Å². The maximum absolute atomic E-state index is 13.6. The number of benzene rings is 3. The molecule has 0 saturated carbocycles. The molecule has 1 heterocycles. The van der Waals surface area contributed by atoms with E-state index in [1.165, 1.54) is 6.92 Å². The van der Waals surface area contributed by atoms with Gasteiger partial charge in [-0.25, -0.2) is 4.90 Å². The van der Waals surface area contributed by atoms with E-state index in [0.717, 1.165) is 16.0 Å². The van der Waals surface area contributed by atoms with Crippen molar-refractivity contribution in [1.29, 1.82) is 0 Å². The van der Waals surface area contributed by atoms with Crippen LogP contribution in [0.1, 0.15) is 23.6 Å². The summed E-state index contributed by atoms with van der Waals surface area (Å²) < 4.78 is 5.46. The number of amides is 3. The van der Waals surface area contributed by atoms with Gasteiger partial charge in [-0.3, -0.25) is 14.4 Å². The van der Waals surface area contributed by atoms with Gasteiger partial charge in [0.05, 0.1) is 24.1 Å². The third-order valence-corrected chi connectivity index (χ3v) is 5.48. The number of carbonyl (C=O) groups is 3. The summed E-state index contributed by atoms with van der Waals surface area (Å²) in [5, 5.41) is 5.85. The first kappa shape index (κ1) is 22.8. The molecule has 7 heteroatoms. The van der Waals surface area contributed by atoms with Gasteiger partial charge in [-0.15, -0.1) is 0 Å². The number of anilines is 3. The van der Waals surface area contributed by atoms with Crippen molar-refractivity contribution in [3.8, 4) is 5.75 Å². The maximum atomic E-state index is 13.6. The third-order valence-electron chi connectivity index (χ3n) is 5.48. The highest BCUT2D eigenvalue weighted by Crippen LogP contribution is 2.36. The number of ether oxygens (including phenoxy) is 1. The van der Waals surface area contributed by atoms with E-state index in [9.17, 15) is 14.4 Å². The highest BCUT2D eigenvalue weighted by Gasteiger charge is 2.40. The number of nitrogens with one attached hydrogen (secondary N) is 2. The van der Waals surface area contributed by atoms with Crippen LogP contribution in [-0.4, -0.2) is 24.8 Å². The van der Waals surface area contributed by atoms with Crippen LogP contribution in [0.5, 0.6) is 5.75 Å². The predicted molar refractivity (Wildman–Crippen MR) is 133 cm³/mol. The fourth-order valence-electron chi connectivity index (χ4n) is 3.82. The molecule has 0 fully saturated rings. The molecule has 3 aromatic rings. The summed E-state index contributed by atoms with van der Waals surface area (Å²) in [7, 11) is 1.55. The first-order valence-corrected chi connectivity index (χ1v) is 10.8. The van der Waals surface area contributed by atoms with Gasteiger partial charge in [0.25, 0.3) is 11.8 Å². The zero-order valence-corrected chi connectivity index (χ0v) is 19.4. The summed E-state index contributed by atoms with van der Waals surface area (Å²) in [5.41, 5.74) is 4.67. The van der Waals surface area contributed by atoms with Gasteiger partial charge in [0.2, 0.25) is 5.91 Å². The molecule has 0 radical (unpaired) electrons. The first-order chi connectivity index (χ1) is 16.3. The van der Waals surface area contributed by atoms with Gasteiger partial charge < -0.3 is 15.4 Å². The lowest BCUT2D eigenvalue weighted by atomic mass is 10.0. The van der Waals surface area contributed by atoms with Crippen LogP contribution < -0.4 is 20.3 Å². The lowest BCUT2D eigenvalue weighted by Gasteiger charge is -2.16. The molecule has 34 heavy (non-hydrogen) atoms. The Morgan fingerprint density at radius 3 is 2.12 bits per heavy atom. The van der Waals surface area contributed by atoms with E-state index < -0.39 is 11.8 Å². The van der Waals surface area contributed by atoms with E-state index >= 15 is 0 Å². The summed E-state index contributed by atoms with van der Waals surface area (Å²) in [5.74, 6) is -0.561. The van der Waals surface area contributed by atoms with Crippen LogP contribution in [0.2, 0.25) is 0 Å². The Balaban J connectivity index is 1.79. The number of aryl methyl sites for hydroxylation is 2. The van der Waals surface area contributed by atoms with Crippen molar-refractivity contribution in [2.24, 2.45) is 0 Å². The van der Waals surface area contributed by atoms with E-state index in [4.69, 9.17) is 4.74 Å². The second kappa shape index (κ2) is 9.23. The molecular formula is C27H25N3O4. The van der Waals surface area contributed by atoms with Gasteiger partial charge in [-0.2, -0.15) is 0 Å². The molecule has 1 aliphatic rings. The quantitative estimate of drug-likeness (QED) is 0.528. The molecule has 7 nitrogen and oxygen atoms in total. The van der Waals surface area contributed by atoms with Crippen LogP contribution in [0.3, 0.4) is 0 Å². The Kier molecular flexibility index (Phi) is 6.19. The average molecular weight is 456 g/mol. The molecule has 0 aliphatic carbocycles. The van der Waals surface area contributed by atoms with Crippen molar-refractivity contribution in [2.45, 2.75) is 20.8 Å². The zero-order chi connectivity index (χ0) is 24.4. The highest BCUT2D eigenvalue weighted by molar-refractivity contribution is 6.46. The van der Waals surface area contributed by atoms with Crippen molar-refractivity contribution in [3.05, 3.63) is 89.1 Å². The van der Waals surface area contributed by atoms with Crippen molar-refractivity contribution >= 4 is 40.4 Å². The summed E-state index contributed by atoms with van der Waals surface area (Å²) in [6, 6.07) is 19.6. The molecule has 0 unspecified atom stereocenters. The molecule has 172 valence electrons. The molecule has 0 atom stereocenters. The SMILES string of the molecule is COc1ccc(C)cc1NC1=C(c2ccc(C)cc2)C(=O)N(c2ccc(NC(C)=O)cc2)C1=O. The molecule has 3 amide bonds. The van der Waals surface area contributed by atoms with Gasteiger partial charge in [0.15, 0.2) is 0 Å². The number of nitrogens with zero attached hydrogens (tertiary/aromatic N) is 1. The van der Waals surface area contributed by atoms with Gasteiger partial charge in [-0.05, 0) is 61.4 Å². The Hall–Kier alpha value is -4.39. The standard InChI is InChI=1S/C27H25N3O4/c1-16-5-8-19(9-6-16)24-25(29-22-15-17(2)7-14-23(22)34-4)27(33)30(26(24)32)21-12-10-20(11-13-21)28-18(3)31/h5-15,29H,1-4H3,(H,28,31). The number of rotatable bonds is 6. The number of hydrogen-bond donors (Lipinski definition) is 2. The second-order valence-electron chi connectivity index (χ2n) is 8.12. The summed E-state index contributed by atoms with van der Waals surface area (Å²) in [6.07, 6.45) is 0. The zero-order valence-electron chi connectivity index (χ0n) is 19.4. The minimum Gasteiger partial charge on any atom is -0.495 e. The molecule has 3 aromatic carbocycles. The summed E-state index contributed by atoms with van der Waals surface area (Å²) in [6.45, 7) is 5.31. The average Bonchev–Trinajstić information content (AvgIpc) is 3.04. The topological polar surface area (TPSA) is 87.7 Å². The Morgan fingerprint density at radius 1 is 0.853 bits per heavy atom. The normalized spacial score (nSPS) is 13.4. The Labute approximate surface area is 198 Å². The largest absolute Gasteiger partial charge is 0.495 e. The fourth-order valence-corrected chi connectivity index (χ4v) is 3.82. The number of imide groups is 1. The summed E-state index contributed by atoms with van der Waals surface area (Å²) in [4.78, 5) is 39.6. The van der Waals surface area contributed by atoms with Crippen LogP contribution in [0, 0.1) is 13.8 Å². The molecule has 0 saturated heterocycles. The molecule has 0 bridgehead atoms. The molecule has 0 aromatic heterocycles. The van der Waals surface area contributed by atoms with E-state index in [1.54, 1.807) is 31.4 Å². The molecule has 1 aliphatic heterocycles. The lowest BCUT2D eigenvalue weighted by Crippen LogP contribution is -2.32. The lowest BCUT2D eigenvalue weighted by molar-refractivity contribution is -0.120. The number of methoxy groups -OCH3 is 1. The van der Waals surface area contributed by atoms with E-state index in [-0.39, 0.29) is 17.2 Å². The van der Waals surface area contributed by atoms with Crippen molar-refractivity contribution in [2.75, 3.05) is 22.6 Å². The highest BCUT2D eigenvalue weighted by atomic mass is 16.5. The van der Waals surface area contributed by atoms with Gasteiger partial charge in [0, 0.05) is 12.6 Å². The van der Waals surface area contributed by atoms with E-state index in [0.29, 0.717) is 28.4 Å².